The van der Waals surface area contributed by atoms with Gasteiger partial charge in [0.05, 0.1) is 18.2 Å². The first kappa shape index (κ1) is 11.6. The lowest BCUT2D eigenvalue weighted by molar-refractivity contribution is -0.117. The van der Waals surface area contributed by atoms with Gasteiger partial charge in [-0.1, -0.05) is 30.3 Å². The van der Waals surface area contributed by atoms with Gasteiger partial charge in [0.1, 0.15) is 5.78 Å². The summed E-state index contributed by atoms with van der Waals surface area (Å²) in [5, 5.41) is 0. The van der Waals surface area contributed by atoms with Crippen LogP contribution in [0.5, 0.6) is 0 Å². The zero-order valence-corrected chi connectivity index (χ0v) is 9.97. The minimum absolute atomic E-state index is 0.242. The molecule has 0 saturated heterocycles. The molecule has 1 heterocycles. The fourth-order valence-corrected chi connectivity index (χ4v) is 1.85. The molecule has 1 aromatic carbocycles. The standard InChI is InChI=1S/C14H16N2O/c1-12(17)6-5-9-16-11-15-10-14(16)13-7-3-2-4-8-13/h2-4,7-8,10-11H,5-6,9H2,1H3. The minimum Gasteiger partial charge on any atom is -0.331 e. The molecule has 0 radical (unpaired) electrons. The molecular formula is C14H16N2O. The van der Waals surface area contributed by atoms with Crippen LogP contribution in [0.1, 0.15) is 19.8 Å². The molecule has 0 aliphatic heterocycles. The highest BCUT2D eigenvalue weighted by Crippen LogP contribution is 2.18. The second-order valence-electron chi connectivity index (χ2n) is 4.14. The molecule has 0 atom stereocenters. The molecule has 0 fully saturated rings. The molecule has 0 aliphatic rings. The van der Waals surface area contributed by atoms with Crippen LogP contribution < -0.4 is 0 Å². The van der Waals surface area contributed by atoms with Crippen LogP contribution in [-0.4, -0.2) is 15.3 Å². The topological polar surface area (TPSA) is 34.9 Å². The van der Waals surface area contributed by atoms with Crippen LogP contribution in [0.4, 0.5) is 0 Å². The number of hydrogen-bond acceptors (Lipinski definition) is 2. The second-order valence-corrected chi connectivity index (χ2v) is 4.14. The van der Waals surface area contributed by atoms with Gasteiger partial charge in [-0.05, 0) is 18.9 Å². The number of aromatic nitrogens is 2. The number of carbonyl (C=O) groups excluding carboxylic acids is 1. The van der Waals surface area contributed by atoms with Crippen LogP contribution in [0.3, 0.4) is 0 Å². The summed E-state index contributed by atoms with van der Waals surface area (Å²) >= 11 is 0. The number of ketones is 1. The van der Waals surface area contributed by atoms with Crippen LogP contribution >= 0.6 is 0 Å². The molecule has 0 spiro atoms. The average Bonchev–Trinajstić information content (AvgIpc) is 2.78. The summed E-state index contributed by atoms with van der Waals surface area (Å²) in [4.78, 5) is 15.1. The zero-order valence-electron chi connectivity index (χ0n) is 9.97. The highest BCUT2D eigenvalue weighted by molar-refractivity contribution is 5.75. The lowest BCUT2D eigenvalue weighted by Gasteiger charge is -2.07. The first-order chi connectivity index (χ1) is 8.27. The van der Waals surface area contributed by atoms with Crippen LogP contribution in [0, 0.1) is 0 Å². The molecule has 2 aromatic rings. The number of Topliss-reactive ketones (excluding diaryl/α,β-unsaturated/α-hetero) is 1. The van der Waals surface area contributed by atoms with E-state index in [4.69, 9.17) is 0 Å². The van der Waals surface area contributed by atoms with Crippen LogP contribution in [0.15, 0.2) is 42.9 Å². The molecule has 3 nitrogen and oxygen atoms in total. The van der Waals surface area contributed by atoms with Gasteiger partial charge in [0.15, 0.2) is 0 Å². The van der Waals surface area contributed by atoms with E-state index in [-0.39, 0.29) is 5.78 Å². The summed E-state index contributed by atoms with van der Waals surface area (Å²) in [6.07, 6.45) is 5.18. The average molecular weight is 228 g/mol. The molecule has 0 saturated carbocycles. The number of rotatable bonds is 5. The Bertz CT molecular complexity index is 488. The molecule has 0 amide bonds. The van der Waals surface area contributed by atoms with Crippen molar-refractivity contribution in [3.05, 3.63) is 42.9 Å². The van der Waals surface area contributed by atoms with Crippen molar-refractivity contribution >= 4 is 5.78 Å². The molecule has 0 bridgehead atoms. The Morgan fingerprint density at radius 3 is 2.76 bits per heavy atom. The van der Waals surface area contributed by atoms with Crippen molar-refractivity contribution in [1.82, 2.24) is 9.55 Å². The van der Waals surface area contributed by atoms with E-state index in [0.29, 0.717) is 6.42 Å². The molecule has 88 valence electrons. The quantitative estimate of drug-likeness (QED) is 0.788. The number of aryl methyl sites for hydroxylation is 1. The lowest BCUT2D eigenvalue weighted by atomic mass is 10.1. The van der Waals surface area contributed by atoms with E-state index >= 15 is 0 Å². The predicted octanol–water partition coefficient (Wildman–Crippen LogP) is 2.92. The number of imidazole rings is 1. The van der Waals surface area contributed by atoms with Crippen LogP contribution in [-0.2, 0) is 11.3 Å². The normalized spacial score (nSPS) is 10.4. The van der Waals surface area contributed by atoms with Crippen molar-refractivity contribution in [2.45, 2.75) is 26.3 Å². The number of carbonyl (C=O) groups is 1. The first-order valence-corrected chi connectivity index (χ1v) is 5.82. The van der Waals surface area contributed by atoms with Gasteiger partial charge >= 0.3 is 0 Å². The van der Waals surface area contributed by atoms with Crippen molar-refractivity contribution in [1.29, 1.82) is 0 Å². The summed E-state index contributed by atoms with van der Waals surface area (Å²) in [6, 6.07) is 10.2. The highest BCUT2D eigenvalue weighted by atomic mass is 16.1. The van der Waals surface area contributed by atoms with Crippen molar-refractivity contribution in [3.63, 3.8) is 0 Å². The SMILES string of the molecule is CC(=O)CCCn1cncc1-c1ccccc1. The van der Waals surface area contributed by atoms with Gasteiger partial charge in [-0.2, -0.15) is 0 Å². The maximum atomic E-state index is 10.9. The van der Waals surface area contributed by atoms with E-state index in [1.807, 2.05) is 30.7 Å². The third-order valence-corrected chi connectivity index (χ3v) is 2.71. The first-order valence-electron chi connectivity index (χ1n) is 5.82. The molecule has 2 rings (SSSR count). The monoisotopic (exact) mass is 228 g/mol. The maximum Gasteiger partial charge on any atom is 0.129 e. The third kappa shape index (κ3) is 3.03. The Labute approximate surface area is 101 Å². The molecule has 0 unspecified atom stereocenters. The molecule has 1 aromatic heterocycles. The number of nitrogens with zero attached hydrogens (tertiary/aromatic N) is 2. The predicted molar refractivity (Wildman–Crippen MR) is 67.6 cm³/mol. The van der Waals surface area contributed by atoms with Crippen molar-refractivity contribution in [3.8, 4) is 11.3 Å². The van der Waals surface area contributed by atoms with E-state index in [0.717, 1.165) is 24.2 Å². The Balaban J connectivity index is 2.10. The smallest absolute Gasteiger partial charge is 0.129 e. The summed E-state index contributed by atoms with van der Waals surface area (Å²) in [6.45, 7) is 2.47. The van der Waals surface area contributed by atoms with Crippen molar-refractivity contribution < 1.29 is 4.79 Å². The van der Waals surface area contributed by atoms with Gasteiger partial charge < -0.3 is 9.36 Å². The van der Waals surface area contributed by atoms with E-state index in [1.165, 1.54) is 0 Å². The van der Waals surface area contributed by atoms with E-state index in [1.54, 1.807) is 6.92 Å². The van der Waals surface area contributed by atoms with Crippen LogP contribution in [0.25, 0.3) is 11.3 Å². The van der Waals surface area contributed by atoms with Crippen LogP contribution in [0.2, 0.25) is 0 Å². The van der Waals surface area contributed by atoms with Gasteiger partial charge in [-0.15, -0.1) is 0 Å². The largest absolute Gasteiger partial charge is 0.331 e. The minimum atomic E-state index is 0.242. The highest BCUT2D eigenvalue weighted by Gasteiger charge is 2.04. The summed E-state index contributed by atoms with van der Waals surface area (Å²) in [7, 11) is 0. The van der Waals surface area contributed by atoms with Crippen molar-refractivity contribution in [2.75, 3.05) is 0 Å². The summed E-state index contributed by atoms with van der Waals surface area (Å²) in [5.74, 6) is 0.242. The molecule has 0 N–H and O–H groups in total. The second kappa shape index (κ2) is 5.43. The maximum absolute atomic E-state index is 10.9. The Hall–Kier alpha value is -1.90. The van der Waals surface area contributed by atoms with E-state index in [2.05, 4.69) is 21.7 Å². The van der Waals surface area contributed by atoms with Crippen molar-refractivity contribution in [2.24, 2.45) is 0 Å². The molecule has 3 heteroatoms. The van der Waals surface area contributed by atoms with Gasteiger partial charge in [0.25, 0.3) is 0 Å². The van der Waals surface area contributed by atoms with Gasteiger partial charge in [0, 0.05) is 13.0 Å². The molecule has 0 aliphatic carbocycles. The number of benzene rings is 1. The fourth-order valence-electron chi connectivity index (χ4n) is 1.85. The number of hydrogen-bond donors (Lipinski definition) is 0. The van der Waals surface area contributed by atoms with Gasteiger partial charge in [0.2, 0.25) is 0 Å². The fraction of sp³-hybridized carbons (Fsp3) is 0.286. The Morgan fingerprint density at radius 2 is 2.06 bits per heavy atom. The summed E-state index contributed by atoms with van der Waals surface area (Å²) < 4.78 is 2.10. The zero-order chi connectivity index (χ0) is 12.1. The Morgan fingerprint density at radius 1 is 1.29 bits per heavy atom. The van der Waals surface area contributed by atoms with E-state index < -0.39 is 0 Å². The molecular weight excluding hydrogens is 212 g/mol. The summed E-state index contributed by atoms with van der Waals surface area (Å²) in [5.41, 5.74) is 2.27. The van der Waals surface area contributed by atoms with Gasteiger partial charge in [-0.25, -0.2) is 4.98 Å². The van der Waals surface area contributed by atoms with Gasteiger partial charge in [-0.3, -0.25) is 0 Å². The Kier molecular flexibility index (Phi) is 3.70. The third-order valence-electron chi connectivity index (χ3n) is 2.71. The molecule has 17 heavy (non-hydrogen) atoms. The lowest BCUT2D eigenvalue weighted by Crippen LogP contribution is -2.01. The van der Waals surface area contributed by atoms with E-state index in [9.17, 15) is 4.79 Å².